The summed E-state index contributed by atoms with van der Waals surface area (Å²) in [5, 5.41) is 6.58. The van der Waals surface area contributed by atoms with Crippen molar-refractivity contribution in [2.24, 2.45) is 10.4 Å². The van der Waals surface area contributed by atoms with Crippen LogP contribution < -0.4 is 10.6 Å². The number of guanidine groups is 1. The molecule has 0 bridgehead atoms. The van der Waals surface area contributed by atoms with E-state index in [4.69, 9.17) is 0 Å². The molecule has 140 valence electrons. The van der Waals surface area contributed by atoms with Gasteiger partial charge in [0.05, 0.1) is 12.3 Å². The van der Waals surface area contributed by atoms with Gasteiger partial charge in [-0.1, -0.05) is 20.8 Å². The third kappa shape index (κ3) is 9.83. The summed E-state index contributed by atoms with van der Waals surface area (Å²) in [5.41, 5.74) is -0.112. The van der Waals surface area contributed by atoms with Crippen molar-refractivity contribution in [1.82, 2.24) is 10.6 Å². The van der Waals surface area contributed by atoms with Gasteiger partial charge in [-0.2, -0.15) is 0 Å². The average molecular weight is 487 g/mol. The van der Waals surface area contributed by atoms with Gasteiger partial charge in [0, 0.05) is 29.6 Å². The number of thiophene rings is 1. The molecule has 0 radical (unpaired) electrons. The van der Waals surface area contributed by atoms with Crippen LogP contribution in [-0.2, 0) is 22.8 Å². The molecule has 0 spiro atoms. The summed E-state index contributed by atoms with van der Waals surface area (Å²) in [6.45, 7) is 7.69. The highest BCUT2D eigenvalue weighted by Crippen LogP contribution is 2.20. The van der Waals surface area contributed by atoms with Gasteiger partial charge in [-0.15, -0.1) is 35.3 Å². The number of nitrogens with zero attached hydrogens (tertiary/aromatic N) is 1. The maximum absolute atomic E-state index is 11.3. The van der Waals surface area contributed by atoms with Gasteiger partial charge in [0.25, 0.3) is 0 Å². The lowest BCUT2D eigenvalue weighted by Gasteiger charge is -2.25. The molecule has 0 saturated carbocycles. The molecule has 1 heterocycles. The molecule has 0 aliphatic carbocycles. The molecule has 0 atom stereocenters. The van der Waals surface area contributed by atoms with E-state index in [1.54, 1.807) is 7.05 Å². The van der Waals surface area contributed by atoms with Crippen molar-refractivity contribution in [2.75, 3.05) is 25.6 Å². The Hall–Kier alpha value is -0.350. The first-order valence-electron chi connectivity index (χ1n) is 7.85. The second kappa shape index (κ2) is 10.6. The molecule has 0 aromatic carbocycles. The Kier molecular flexibility index (Phi) is 10.4. The minimum Gasteiger partial charge on any atom is -0.356 e. The molecule has 0 aliphatic heterocycles. The topological polar surface area (TPSA) is 70.6 Å². The second-order valence-corrected chi connectivity index (χ2v) is 10.1. The molecule has 0 unspecified atom stereocenters. The summed E-state index contributed by atoms with van der Waals surface area (Å²) in [6.07, 6.45) is 2.97. The van der Waals surface area contributed by atoms with Crippen molar-refractivity contribution in [2.45, 2.75) is 40.2 Å². The van der Waals surface area contributed by atoms with Gasteiger partial charge < -0.3 is 10.6 Å². The van der Waals surface area contributed by atoms with E-state index in [1.807, 2.05) is 11.3 Å². The summed E-state index contributed by atoms with van der Waals surface area (Å²) in [6, 6.07) is 4.30. The summed E-state index contributed by atoms with van der Waals surface area (Å²) in [4.78, 5) is 6.88. The Morgan fingerprint density at radius 3 is 2.38 bits per heavy atom. The van der Waals surface area contributed by atoms with Crippen molar-refractivity contribution in [1.29, 1.82) is 0 Å². The van der Waals surface area contributed by atoms with E-state index < -0.39 is 9.84 Å². The minimum absolute atomic E-state index is 0. The van der Waals surface area contributed by atoms with E-state index in [2.05, 4.69) is 48.5 Å². The molecule has 1 aromatic heterocycles. The number of rotatable bonds is 8. The summed E-state index contributed by atoms with van der Waals surface area (Å²) < 4.78 is 22.6. The standard InChI is InChI=1S/C16H29N3O2S2.HI/c1-6-13-7-8-14(22-13)11-18-15(17-4)19-12-16(2,3)9-10-23(5,20)21;/h7-8H,6,9-12H2,1-5H3,(H2,17,18,19);1H. The van der Waals surface area contributed by atoms with E-state index >= 15 is 0 Å². The first kappa shape index (κ1) is 23.6. The lowest BCUT2D eigenvalue weighted by atomic mass is 9.90. The quantitative estimate of drug-likeness (QED) is 0.336. The number of sulfone groups is 1. The fourth-order valence-electron chi connectivity index (χ4n) is 1.97. The predicted molar refractivity (Wildman–Crippen MR) is 115 cm³/mol. The first-order chi connectivity index (χ1) is 10.6. The minimum atomic E-state index is -2.92. The van der Waals surface area contributed by atoms with Crippen molar-refractivity contribution in [3.8, 4) is 0 Å². The van der Waals surface area contributed by atoms with Gasteiger partial charge >= 0.3 is 0 Å². The fraction of sp³-hybridized carbons (Fsp3) is 0.688. The van der Waals surface area contributed by atoms with Crippen LogP contribution in [0, 0.1) is 5.41 Å². The van der Waals surface area contributed by atoms with Gasteiger partial charge in [-0.05, 0) is 30.4 Å². The molecule has 0 fully saturated rings. The Morgan fingerprint density at radius 2 is 1.88 bits per heavy atom. The van der Waals surface area contributed by atoms with Gasteiger partial charge in [0.2, 0.25) is 0 Å². The lowest BCUT2D eigenvalue weighted by Crippen LogP contribution is -2.42. The van der Waals surface area contributed by atoms with Crippen LogP contribution in [-0.4, -0.2) is 40.0 Å². The molecule has 1 aromatic rings. The number of hydrogen-bond donors (Lipinski definition) is 2. The van der Waals surface area contributed by atoms with Crippen molar-refractivity contribution in [3.63, 3.8) is 0 Å². The SMILES string of the molecule is CCc1ccc(CNC(=NC)NCC(C)(C)CCS(C)(=O)=O)s1.I. The monoisotopic (exact) mass is 487 g/mol. The number of hydrogen-bond acceptors (Lipinski definition) is 4. The van der Waals surface area contributed by atoms with Crippen molar-refractivity contribution in [3.05, 3.63) is 21.9 Å². The van der Waals surface area contributed by atoms with Crippen molar-refractivity contribution < 1.29 is 8.42 Å². The van der Waals surface area contributed by atoms with Gasteiger partial charge in [-0.3, -0.25) is 4.99 Å². The Morgan fingerprint density at radius 1 is 1.25 bits per heavy atom. The smallest absolute Gasteiger partial charge is 0.191 e. The van der Waals surface area contributed by atoms with Crippen LogP contribution in [0.5, 0.6) is 0 Å². The third-order valence-corrected chi connectivity index (χ3v) is 5.78. The highest BCUT2D eigenvalue weighted by molar-refractivity contribution is 14.0. The highest BCUT2D eigenvalue weighted by atomic mass is 127. The second-order valence-electron chi connectivity index (χ2n) is 6.54. The maximum atomic E-state index is 11.3. The third-order valence-electron chi connectivity index (χ3n) is 3.60. The molecule has 0 saturated heterocycles. The maximum Gasteiger partial charge on any atom is 0.191 e. The summed E-state index contributed by atoms with van der Waals surface area (Å²) in [7, 11) is -1.18. The van der Waals surface area contributed by atoms with Crippen molar-refractivity contribution >= 4 is 51.1 Å². The van der Waals surface area contributed by atoms with Crippen LogP contribution in [0.15, 0.2) is 17.1 Å². The van der Waals surface area contributed by atoms with E-state index in [9.17, 15) is 8.42 Å². The van der Waals surface area contributed by atoms with Crippen LogP contribution in [0.1, 0.15) is 36.9 Å². The number of aliphatic imine (C=N–C) groups is 1. The van der Waals surface area contributed by atoms with Crippen LogP contribution in [0.3, 0.4) is 0 Å². The van der Waals surface area contributed by atoms with E-state index in [-0.39, 0.29) is 35.1 Å². The molecule has 24 heavy (non-hydrogen) atoms. The molecule has 0 amide bonds. The van der Waals surface area contributed by atoms with Gasteiger partial charge in [0.1, 0.15) is 9.84 Å². The summed E-state index contributed by atoms with van der Waals surface area (Å²) >= 11 is 1.81. The van der Waals surface area contributed by atoms with Gasteiger partial charge in [0.15, 0.2) is 5.96 Å². The Labute approximate surface area is 167 Å². The zero-order chi connectivity index (χ0) is 17.5. The molecule has 2 N–H and O–H groups in total. The van der Waals surface area contributed by atoms with E-state index in [1.165, 1.54) is 16.0 Å². The average Bonchev–Trinajstić information content (AvgIpc) is 2.93. The van der Waals surface area contributed by atoms with Crippen LogP contribution >= 0.6 is 35.3 Å². The zero-order valence-corrected chi connectivity index (χ0v) is 19.1. The summed E-state index contributed by atoms with van der Waals surface area (Å²) in [5.74, 6) is 0.951. The first-order valence-corrected chi connectivity index (χ1v) is 10.7. The Balaban J connectivity index is 0.00000529. The number of halogens is 1. The highest BCUT2D eigenvalue weighted by Gasteiger charge is 2.20. The molecule has 1 rings (SSSR count). The van der Waals surface area contributed by atoms with Gasteiger partial charge in [-0.25, -0.2) is 8.42 Å². The normalized spacial score (nSPS) is 12.6. The predicted octanol–water partition coefficient (Wildman–Crippen LogP) is 3.05. The Bertz CT molecular complexity index is 625. The number of aryl methyl sites for hydroxylation is 1. The van der Waals surface area contributed by atoms with Crippen LogP contribution in [0.2, 0.25) is 0 Å². The molecular formula is C16H30IN3O2S2. The molecule has 0 aliphatic rings. The van der Waals surface area contributed by atoms with E-state index in [0.29, 0.717) is 13.0 Å². The largest absolute Gasteiger partial charge is 0.356 e. The van der Waals surface area contributed by atoms with Crippen LogP contribution in [0.25, 0.3) is 0 Å². The fourth-order valence-corrected chi connectivity index (χ4v) is 3.79. The zero-order valence-electron chi connectivity index (χ0n) is 15.2. The molecule has 5 nitrogen and oxygen atoms in total. The molecular weight excluding hydrogens is 457 g/mol. The molecule has 8 heteroatoms. The van der Waals surface area contributed by atoms with E-state index in [0.717, 1.165) is 18.9 Å². The van der Waals surface area contributed by atoms with Crippen LogP contribution in [0.4, 0.5) is 0 Å². The number of nitrogens with one attached hydrogen (secondary N) is 2. The lowest BCUT2D eigenvalue weighted by molar-refractivity contribution is 0.348.